The number of rotatable bonds is 5. The zero-order valence-electron chi connectivity index (χ0n) is 14.0. The number of nitrogens with one attached hydrogen (secondary N) is 1. The molecule has 0 aliphatic rings. The summed E-state index contributed by atoms with van der Waals surface area (Å²) in [4.78, 5) is 17.3. The lowest BCUT2D eigenvalue weighted by molar-refractivity contribution is -0.410. The van der Waals surface area contributed by atoms with Crippen molar-refractivity contribution in [1.29, 1.82) is 10.5 Å². The van der Waals surface area contributed by atoms with Gasteiger partial charge in [-0.2, -0.15) is 10.5 Å². The second-order valence-electron chi connectivity index (χ2n) is 5.76. The van der Waals surface area contributed by atoms with Gasteiger partial charge in [-0.1, -0.05) is 11.8 Å². The minimum absolute atomic E-state index is 0.000205. The maximum absolute atomic E-state index is 12.7. The molecule has 3 N–H and O–H groups in total. The van der Waals surface area contributed by atoms with Gasteiger partial charge in [0.05, 0.1) is 5.25 Å². The van der Waals surface area contributed by atoms with Gasteiger partial charge in [0.1, 0.15) is 23.3 Å². The molecule has 0 bridgehead atoms. The highest BCUT2D eigenvalue weighted by Gasteiger charge is 2.28. The molecule has 23 heavy (non-hydrogen) atoms. The van der Waals surface area contributed by atoms with Crippen molar-refractivity contribution in [2.75, 3.05) is 5.73 Å². The maximum Gasteiger partial charge on any atom is 0.289 e. The minimum atomic E-state index is -0.379. The van der Waals surface area contributed by atoms with Crippen molar-refractivity contribution in [3.8, 4) is 12.1 Å². The van der Waals surface area contributed by atoms with Gasteiger partial charge in [0.15, 0.2) is 5.03 Å². The molecular formula is C16H22N5OS+. The molecule has 0 radical (unpaired) electrons. The first-order valence-corrected chi connectivity index (χ1v) is 8.25. The summed E-state index contributed by atoms with van der Waals surface area (Å²) >= 11 is 1.24. The molecule has 1 aromatic heterocycles. The Labute approximate surface area is 141 Å². The summed E-state index contributed by atoms with van der Waals surface area (Å²) in [6.07, 6.45) is 0. The summed E-state index contributed by atoms with van der Waals surface area (Å²) in [5.74, 6) is 0.193. The summed E-state index contributed by atoms with van der Waals surface area (Å²) in [5.41, 5.74) is 6.29. The van der Waals surface area contributed by atoms with E-state index in [9.17, 15) is 10.1 Å². The predicted octanol–water partition coefficient (Wildman–Crippen LogP) is 1.95. The van der Waals surface area contributed by atoms with Crippen LogP contribution in [0.15, 0.2) is 11.1 Å². The highest BCUT2D eigenvalue weighted by Crippen LogP contribution is 2.26. The average molecular weight is 332 g/mol. The number of thioether (sulfide) groups is 1. The molecule has 1 heterocycles. The molecule has 0 saturated carbocycles. The molecule has 1 rings (SSSR count). The van der Waals surface area contributed by atoms with Crippen LogP contribution in [0.25, 0.3) is 0 Å². The molecule has 0 aromatic carbocycles. The summed E-state index contributed by atoms with van der Waals surface area (Å²) in [6, 6.07) is 5.59. The molecule has 122 valence electrons. The summed E-state index contributed by atoms with van der Waals surface area (Å²) in [6.45, 7) is 9.70. The number of nitriles is 2. The van der Waals surface area contributed by atoms with Crippen LogP contribution in [-0.2, 0) is 4.79 Å². The molecule has 0 aliphatic heterocycles. The number of nitrogen functional groups attached to an aromatic ring is 1. The molecule has 0 aliphatic carbocycles. The molecule has 0 unspecified atom stereocenters. The van der Waals surface area contributed by atoms with E-state index in [1.54, 1.807) is 6.92 Å². The van der Waals surface area contributed by atoms with E-state index < -0.39 is 0 Å². The van der Waals surface area contributed by atoms with E-state index in [0.29, 0.717) is 10.6 Å². The van der Waals surface area contributed by atoms with Crippen molar-refractivity contribution in [2.45, 2.75) is 57.0 Å². The Morgan fingerprint density at radius 3 is 2.13 bits per heavy atom. The number of aromatic nitrogens is 1. The molecule has 1 amide bonds. The zero-order chi connectivity index (χ0) is 17.7. The number of carbonyl (C=O) groups is 1. The first-order chi connectivity index (χ1) is 10.7. The monoisotopic (exact) mass is 332 g/mol. The van der Waals surface area contributed by atoms with Crippen molar-refractivity contribution >= 4 is 23.5 Å². The van der Waals surface area contributed by atoms with Crippen molar-refractivity contribution in [3.63, 3.8) is 0 Å². The maximum atomic E-state index is 12.7. The first kappa shape index (κ1) is 18.8. The second-order valence-corrected chi connectivity index (χ2v) is 7.11. The quantitative estimate of drug-likeness (QED) is 0.829. The van der Waals surface area contributed by atoms with Crippen LogP contribution in [0.5, 0.6) is 0 Å². The lowest BCUT2D eigenvalue weighted by atomic mass is 10.2. The summed E-state index contributed by atoms with van der Waals surface area (Å²) in [5, 5.41) is 18.3. The van der Waals surface area contributed by atoms with Crippen LogP contribution in [0.4, 0.5) is 5.82 Å². The Bertz CT molecular complexity index is 664. The molecule has 6 nitrogen and oxygen atoms in total. The predicted molar refractivity (Wildman–Crippen MR) is 89.3 cm³/mol. The second kappa shape index (κ2) is 7.85. The highest BCUT2D eigenvalue weighted by atomic mass is 32.2. The Balaban J connectivity index is 3.08. The van der Waals surface area contributed by atoms with E-state index in [2.05, 4.69) is 4.98 Å². The summed E-state index contributed by atoms with van der Waals surface area (Å²) in [7, 11) is 0. The third kappa shape index (κ3) is 4.37. The van der Waals surface area contributed by atoms with Crippen LogP contribution >= 0.6 is 11.8 Å². The van der Waals surface area contributed by atoms with Crippen molar-refractivity contribution in [3.05, 3.63) is 17.2 Å². The number of nitrogens with zero attached hydrogens (tertiary/aromatic N) is 3. The van der Waals surface area contributed by atoms with Gasteiger partial charge in [0, 0.05) is 12.1 Å². The lowest BCUT2D eigenvalue weighted by Crippen LogP contribution is -2.45. The molecular weight excluding hydrogens is 310 g/mol. The Morgan fingerprint density at radius 1 is 1.17 bits per heavy atom. The van der Waals surface area contributed by atoms with Gasteiger partial charge < -0.3 is 4.90 Å². The molecule has 1 aromatic rings. The molecule has 1 atom stereocenters. The van der Waals surface area contributed by atoms with E-state index in [1.165, 1.54) is 17.8 Å². The topological polar surface area (TPSA) is 108 Å². The third-order valence-electron chi connectivity index (χ3n) is 3.32. The number of hydrogen-bond acceptors (Lipinski definition) is 5. The number of hydrogen-bond donors (Lipinski definition) is 1. The van der Waals surface area contributed by atoms with E-state index in [0.717, 1.165) is 0 Å². The number of carbonyl (C=O) groups excluding carboxylic acids is 1. The standard InChI is InChI=1S/C16H21N5OS/c1-9(2)21(10(3)4)16(22)11(5)23-15-13(8-18)6-12(7-17)14(19)20-15/h6,9-11H,1-5H3,(H2,19,20)/p+1/t11-/m1/s1. The van der Waals surface area contributed by atoms with Crippen LogP contribution in [0.1, 0.15) is 45.7 Å². The van der Waals surface area contributed by atoms with Gasteiger partial charge in [0.2, 0.25) is 5.91 Å². The Hall–Kier alpha value is -2.25. The number of H-pyrrole nitrogens is 1. The lowest BCUT2D eigenvalue weighted by Gasteiger charge is -2.32. The molecule has 0 fully saturated rings. The molecule has 0 saturated heterocycles. The first-order valence-electron chi connectivity index (χ1n) is 7.37. The average Bonchev–Trinajstić information content (AvgIpc) is 2.46. The highest BCUT2D eigenvalue weighted by molar-refractivity contribution is 8.00. The number of aromatic amines is 1. The van der Waals surface area contributed by atoms with Gasteiger partial charge in [-0.15, -0.1) is 0 Å². The van der Waals surface area contributed by atoms with E-state index in [-0.39, 0.29) is 34.6 Å². The minimum Gasteiger partial charge on any atom is -0.337 e. The van der Waals surface area contributed by atoms with Gasteiger partial charge in [-0.25, -0.2) is 4.98 Å². The van der Waals surface area contributed by atoms with Crippen LogP contribution in [0, 0.1) is 22.7 Å². The van der Waals surface area contributed by atoms with Crippen LogP contribution in [0.2, 0.25) is 0 Å². The van der Waals surface area contributed by atoms with Gasteiger partial charge in [-0.3, -0.25) is 10.5 Å². The number of amides is 1. The van der Waals surface area contributed by atoms with E-state index >= 15 is 0 Å². The Kier molecular flexibility index (Phi) is 6.41. The summed E-state index contributed by atoms with van der Waals surface area (Å²) < 4.78 is 0. The van der Waals surface area contributed by atoms with Crippen molar-refractivity contribution in [1.82, 2.24) is 4.90 Å². The fourth-order valence-corrected chi connectivity index (χ4v) is 3.33. The van der Waals surface area contributed by atoms with E-state index in [4.69, 9.17) is 11.0 Å². The van der Waals surface area contributed by atoms with Crippen LogP contribution in [0.3, 0.4) is 0 Å². The number of nitrogens with two attached hydrogens (primary N) is 1. The fourth-order valence-electron chi connectivity index (χ4n) is 2.36. The SMILES string of the molecule is CC(C)N(C(=O)[C@@H](C)Sc1[nH+]c(N)c(C#N)cc1C#N)C(C)C. The van der Waals surface area contributed by atoms with Crippen LogP contribution < -0.4 is 10.7 Å². The van der Waals surface area contributed by atoms with Crippen molar-refractivity contribution in [2.24, 2.45) is 0 Å². The van der Waals surface area contributed by atoms with Gasteiger partial charge in [-0.05, 0) is 40.7 Å². The zero-order valence-corrected chi connectivity index (χ0v) is 14.9. The van der Waals surface area contributed by atoms with Gasteiger partial charge >= 0.3 is 0 Å². The molecule has 0 spiro atoms. The smallest absolute Gasteiger partial charge is 0.289 e. The van der Waals surface area contributed by atoms with Gasteiger partial charge in [0.25, 0.3) is 5.82 Å². The Morgan fingerprint density at radius 2 is 1.70 bits per heavy atom. The normalized spacial score (nSPS) is 11.9. The largest absolute Gasteiger partial charge is 0.337 e. The van der Waals surface area contributed by atoms with Crippen molar-refractivity contribution < 1.29 is 9.78 Å². The number of pyridine rings is 1. The third-order valence-corrected chi connectivity index (χ3v) is 4.43. The fraction of sp³-hybridized carbons (Fsp3) is 0.500. The van der Waals surface area contributed by atoms with Crippen LogP contribution in [-0.4, -0.2) is 28.1 Å². The number of anilines is 1. The molecule has 7 heteroatoms. The van der Waals surface area contributed by atoms with E-state index in [1.807, 2.05) is 44.7 Å².